The number of hydrogen-bond acceptors (Lipinski definition) is 6. The second-order valence-corrected chi connectivity index (χ2v) is 8.88. The van der Waals surface area contributed by atoms with E-state index in [0.717, 1.165) is 32.8 Å². The van der Waals surface area contributed by atoms with Crippen molar-refractivity contribution in [1.29, 1.82) is 0 Å². The van der Waals surface area contributed by atoms with E-state index in [1.165, 1.54) is 23.1 Å². The van der Waals surface area contributed by atoms with Crippen LogP contribution in [0.5, 0.6) is 5.75 Å². The molecule has 1 aromatic heterocycles. The molecule has 0 bridgehead atoms. The third kappa shape index (κ3) is 5.05. The zero-order chi connectivity index (χ0) is 24.2. The first kappa shape index (κ1) is 22.3. The summed E-state index contributed by atoms with van der Waals surface area (Å²) in [5.41, 5.74) is 7.50. The number of aryl methyl sites for hydroxylation is 1. The summed E-state index contributed by atoms with van der Waals surface area (Å²) in [5.74, 6) is -0.238. The van der Waals surface area contributed by atoms with E-state index >= 15 is 0 Å². The highest BCUT2D eigenvalue weighted by Crippen LogP contribution is 2.28. The van der Waals surface area contributed by atoms with Gasteiger partial charge in [-0.25, -0.2) is 10.4 Å². The fourth-order valence-corrected chi connectivity index (χ4v) is 4.40. The summed E-state index contributed by atoms with van der Waals surface area (Å²) >= 11 is 1.52. The Morgan fingerprint density at radius 1 is 0.971 bits per heavy atom. The van der Waals surface area contributed by atoms with Crippen molar-refractivity contribution in [2.24, 2.45) is 5.10 Å². The van der Waals surface area contributed by atoms with Gasteiger partial charge < -0.3 is 10.4 Å². The zero-order valence-corrected chi connectivity index (χ0v) is 19.7. The number of fused-ring (bicyclic) bond motifs is 1. The summed E-state index contributed by atoms with van der Waals surface area (Å²) in [7, 11) is 0. The lowest BCUT2D eigenvalue weighted by molar-refractivity contribution is 0.0955. The molecule has 172 valence electrons. The van der Waals surface area contributed by atoms with Crippen molar-refractivity contribution >= 4 is 45.0 Å². The van der Waals surface area contributed by atoms with Crippen LogP contribution in [-0.4, -0.2) is 22.2 Å². The van der Waals surface area contributed by atoms with E-state index in [1.54, 1.807) is 18.2 Å². The molecule has 0 spiro atoms. The van der Waals surface area contributed by atoms with Crippen LogP contribution in [0.1, 0.15) is 21.5 Å². The molecule has 0 saturated heterocycles. The molecular weight excluding hydrogens is 456 g/mol. The van der Waals surface area contributed by atoms with Gasteiger partial charge in [-0.15, -0.1) is 11.3 Å². The molecule has 0 unspecified atom stereocenters. The molecule has 0 aliphatic rings. The molecule has 6 nitrogen and oxygen atoms in total. The van der Waals surface area contributed by atoms with Crippen molar-refractivity contribution in [3.8, 4) is 17.0 Å². The number of rotatable bonds is 6. The van der Waals surface area contributed by atoms with Gasteiger partial charge in [0.2, 0.25) is 0 Å². The third-order valence-corrected chi connectivity index (χ3v) is 6.32. The van der Waals surface area contributed by atoms with E-state index in [4.69, 9.17) is 0 Å². The van der Waals surface area contributed by atoms with Crippen molar-refractivity contribution < 1.29 is 9.90 Å². The maximum atomic E-state index is 12.6. The van der Waals surface area contributed by atoms with Crippen LogP contribution >= 0.6 is 11.3 Å². The number of thiazole rings is 1. The SMILES string of the molecule is Cc1ccc(Nc2nc(-c3ccc(C(=O)N/N=C\c4c(O)ccc5ccccc45)cc3)cs2)cc1. The number of hydrogen-bond donors (Lipinski definition) is 3. The number of nitrogens with zero attached hydrogens (tertiary/aromatic N) is 2. The largest absolute Gasteiger partial charge is 0.507 e. The monoisotopic (exact) mass is 478 g/mol. The fraction of sp³-hybridized carbons (Fsp3) is 0.0357. The van der Waals surface area contributed by atoms with Gasteiger partial charge in [-0.1, -0.05) is 60.2 Å². The minimum absolute atomic E-state index is 0.102. The topological polar surface area (TPSA) is 86.6 Å². The van der Waals surface area contributed by atoms with Crippen molar-refractivity contribution in [3.05, 3.63) is 107 Å². The summed E-state index contributed by atoms with van der Waals surface area (Å²) in [5, 5.41) is 22.2. The first-order chi connectivity index (χ1) is 17.1. The van der Waals surface area contributed by atoms with Gasteiger partial charge >= 0.3 is 0 Å². The normalized spacial score (nSPS) is 11.1. The molecule has 1 amide bonds. The van der Waals surface area contributed by atoms with Gasteiger partial charge in [-0.3, -0.25) is 4.79 Å². The molecule has 0 fully saturated rings. The van der Waals surface area contributed by atoms with Gasteiger partial charge in [0.05, 0.1) is 11.9 Å². The summed E-state index contributed by atoms with van der Waals surface area (Å²) in [4.78, 5) is 17.2. The molecule has 3 N–H and O–H groups in total. The number of carbonyl (C=O) groups excluding carboxylic acids is 1. The maximum absolute atomic E-state index is 12.6. The summed E-state index contributed by atoms with van der Waals surface area (Å²) in [6.45, 7) is 2.05. The maximum Gasteiger partial charge on any atom is 0.271 e. The molecule has 0 aliphatic carbocycles. The van der Waals surface area contributed by atoms with Crippen LogP contribution in [0.15, 0.2) is 95.4 Å². The van der Waals surface area contributed by atoms with Gasteiger partial charge in [0.1, 0.15) is 5.75 Å². The van der Waals surface area contributed by atoms with Crippen molar-refractivity contribution in [2.45, 2.75) is 6.92 Å². The molecule has 4 aromatic carbocycles. The first-order valence-corrected chi connectivity index (χ1v) is 11.9. The highest BCUT2D eigenvalue weighted by atomic mass is 32.1. The Morgan fingerprint density at radius 2 is 1.74 bits per heavy atom. The Balaban J connectivity index is 1.25. The molecule has 0 atom stereocenters. The predicted octanol–water partition coefficient (Wildman–Crippen LogP) is 6.48. The number of phenols is 1. The van der Waals surface area contributed by atoms with E-state index in [-0.39, 0.29) is 11.7 Å². The highest BCUT2D eigenvalue weighted by Gasteiger charge is 2.09. The Hall–Kier alpha value is -4.49. The van der Waals surface area contributed by atoms with Crippen LogP contribution < -0.4 is 10.7 Å². The Bertz CT molecular complexity index is 1520. The van der Waals surface area contributed by atoms with Crippen LogP contribution in [0.4, 0.5) is 10.8 Å². The van der Waals surface area contributed by atoms with Gasteiger partial charge in [-0.05, 0) is 48.0 Å². The number of aromatic nitrogens is 1. The van der Waals surface area contributed by atoms with Crippen LogP contribution in [0.2, 0.25) is 0 Å². The van der Waals surface area contributed by atoms with E-state index in [2.05, 4.69) is 39.9 Å². The number of amides is 1. The predicted molar refractivity (Wildman–Crippen MR) is 143 cm³/mol. The number of benzene rings is 4. The van der Waals surface area contributed by atoms with E-state index in [9.17, 15) is 9.90 Å². The highest BCUT2D eigenvalue weighted by molar-refractivity contribution is 7.14. The van der Waals surface area contributed by atoms with Gasteiger partial charge in [-0.2, -0.15) is 5.10 Å². The fourth-order valence-electron chi connectivity index (χ4n) is 3.66. The van der Waals surface area contributed by atoms with Crippen LogP contribution in [-0.2, 0) is 0 Å². The third-order valence-electron chi connectivity index (χ3n) is 5.56. The molecule has 0 saturated carbocycles. The molecule has 1 heterocycles. The Labute approximate surface area is 206 Å². The van der Waals surface area contributed by atoms with Crippen molar-refractivity contribution in [2.75, 3.05) is 5.32 Å². The second-order valence-electron chi connectivity index (χ2n) is 8.02. The number of aromatic hydroxyl groups is 1. The lowest BCUT2D eigenvalue weighted by Gasteiger charge is -2.05. The van der Waals surface area contributed by atoms with Crippen LogP contribution in [0, 0.1) is 6.92 Å². The molecule has 5 rings (SSSR count). The van der Waals surface area contributed by atoms with Gasteiger partial charge in [0, 0.05) is 27.8 Å². The van der Waals surface area contributed by atoms with Crippen LogP contribution in [0.3, 0.4) is 0 Å². The van der Waals surface area contributed by atoms with Crippen LogP contribution in [0.25, 0.3) is 22.0 Å². The Morgan fingerprint density at radius 3 is 2.54 bits per heavy atom. The summed E-state index contributed by atoms with van der Waals surface area (Å²) in [6, 6.07) is 26.5. The molecule has 0 radical (unpaired) electrons. The smallest absolute Gasteiger partial charge is 0.271 e. The van der Waals surface area contributed by atoms with E-state index < -0.39 is 0 Å². The average Bonchev–Trinajstić information content (AvgIpc) is 3.35. The number of carbonyl (C=O) groups is 1. The number of phenolic OH excluding ortho intramolecular Hbond substituents is 1. The Kier molecular flexibility index (Phi) is 6.24. The van der Waals surface area contributed by atoms with Gasteiger partial charge in [0.15, 0.2) is 5.13 Å². The minimum atomic E-state index is -0.340. The molecule has 35 heavy (non-hydrogen) atoms. The second kappa shape index (κ2) is 9.79. The average molecular weight is 479 g/mol. The molecule has 5 aromatic rings. The summed E-state index contributed by atoms with van der Waals surface area (Å²) < 4.78 is 0. The standard InChI is InChI=1S/C28H22N4O2S/c1-18-6-13-22(14-7-18)30-28-31-25(17-35-28)20-8-10-21(11-9-20)27(34)32-29-16-24-23-5-3-2-4-19(23)12-15-26(24)33/h2-17,33H,1H3,(H,30,31)(H,32,34)/b29-16-. The van der Waals surface area contributed by atoms with Gasteiger partial charge in [0.25, 0.3) is 5.91 Å². The summed E-state index contributed by atoms with van der Waals surface area (Å²) in [6.07, 6.45) is 1.46. The first-order valence-electron chi connectivity index (χ1n) is 11.0. The minimum Gasteiger partial charge on any atom is -0.507 e. The van der Waals surface area contributed by atoms with E-state index in [1.807, 2.05) is 60.0 Å². The number of anilines is 2. The zero-order valence-electron chi connectivity index (χ0n) is 18.9. The number of hydrazone groups is 1. The van der Waals surface area contributed by atoms with Crippen molar-refractivity contribution in [3.63, 3.8) is 0 Å². The number of nitrogens with one attached hydrogen (secondary N) is 2. The lowest BCUT2D eigenvalue weighted by atomic mass is 10.0. The molecule has 7 heteroatoms. The van der Waals surface area contributed by atoms with Crippen molar-refractivity contribution in [1.82, 2.24) is 10.4 Å². The quantitative estimate of drug-likeness (QED) is 0.192. The molecule has 0 aliphatic heterocycles. The lowest BCUT2D eigenvalue weighted by Crippen LogP contribution is -2.17. The van der Waals surface area contributed by atoms with E-state index in [0.29, 0.717) is 11.1 Å². The molecular formula is C28H22N4O2S.